The summed E-state index contributed by atoms with van der Waals surface area (Å²) in [6, 6.07) is 11.8. The second-order valence-electron chi connectivity index (χ2n) is 7.39. The van der Waals surface area contributed by atoms with Gasteiger partial charge in [-0.3, -0.25) is 4.79 Å². The van der Waals surface area contributed by atoms with E-state index in [1.54, 1.807) is 48.7 Å². The molecule has 1 unspecified atom stereocenters. The first-order valence-corrected chi connectivity index (χ1v) is 16.4. The molecule has 0 aliphatic rings. The van der Waals surface area contributed by atoms with Gasteiger partial charge in [-0.25, -0.2) is 4.39 Å². The Labute approximate surface area is 217 Å². The number of carbonyl (C=O) groups excluding carboxylic acids is 1. The summed E-state index contributed by atoms with van der Waals surface area (Å²) in [4.78, 5) is 19.7. The molecule has 12 heteroatoms. The first kappa shape index (κ1) is 26.8. The summed E-state index contributed by atoms with van der Waals surface area (Å²) in [7, 11) is -1.74. The van der Waals surface area contributed by atoms with E-state index >= 15 is 0 Å². The number of halogens is 2. The van der Waals surface area contributed by atoms with Gasteiger partial charge in [-0.1, -0.05) is 12.6 Å². The standard InChI is InChI=1S/C23H23ClFN5O3S.W/c1-3-21(31)27-15-6-4-7-16(12-15)28-22-19(25)14-26-23(30-22)29-17-8-9-18(24)20(13-17)33-10-5-11-34(2)32;/h3-4,6-9,12-14H,1,5,10-11H2,2H3,(H,27,31)(H2,26,28,29,30);. The Hall–Kier alpha value is -2.81. The van der Waals surface area contributed by atoms with Crippen molar-refractivity contribution in [3.8, 4) is 5.75 Å². The van der Waals surface area contributed by atoms with Crippen molar-refractivity contribution in [2.24, 2.45) is 0 Å². The van der Waals surface area contributed by atoms with Crippen molar-refractivity contribution in [2.75, 3.05) is 34.6 Å². The summed E-state index contributed by atoms with van der Waals surface area (Å²) < 4.78 is 32.0. The molecule has 0 fully saturated rings. The predicted octanol–water partition coefficient (Wildman–Crippen LogP) is 5.03. The molecular formula is C23H23ClFN5O3SW. The second kappa shape index (κ2) is 12.2. The molecular weight excluding hydrogens is 665 g/mol. The maximum absolute atomic E-state index is 14.4. The van der Waals surface area contributed by atoms with E-state index in [2.05, 4.69) is 32.5 Å². The van der Waals surface area contributed by atoms with Gasteiger partial charge in [0.15, 0.2) is 5.82 Å². The van der Waals surface area contributed by atoms with E-state index in [9.17, 15) is 13.4 Å². The first-order chi connectivity index (χ1) is 16.6. The molecule has 3 N–H and O–H groups in total. The van der Waals surface area contributed by atoms with Crippen LogP contribution in [0.15, 0.2) is 61.3 Å². The summed E-state index contributed by atoms with van der Waals surface area (Å²) in [6.45, 7) is 3.80. The van der Waals surface area contributed by atoms with E-state index in [1.165, 1.54) is 0 Å². The Bertz CT molecular complexity index is 1340. The van der Waals surface area contributed by atoms with E-state index in [0.717, 1.165) is 30.3 Å². The van der Waals surface area contributed by atoms with Crippen molar-refractivity contribution in [2.45, 2.75) is 6.42 Å². The number of benzene rings is 2. The molecule has 3 aromatic rings. The number of anilines is 5. The molecule has 0 spiro atoms. The van der Waals surface area contributed by atoms with Crippen LogP contribution in [-0.2, 0) is 29.9 Å². The molecule has 184 valence electrons. The van der Waals surface area contributed by atoms with Gasteiger partial charge < -0.3 is 10.6 Å². The Morgan fingerprint density at radius 1 is 1.23 bits per heavy atom. The molecule has 1 heterocycles. The fraction of sp³-hybridized carbons (Fsp3) is 0.174. The predicted molar refractivity (Wildman–Crippen MR) is 134 cm³/mol. The third kappa shape index (κ3) is 8.72. The summed E-state index contributed by atoms with van der Waals surface area (Å²) in [5.74, 6) is 0.149. The van der Waals surface area contributed by atoms with Crippen LogP contribution in [0.4, 0.5) is 33.2 Å². The zero-order valence-corrected chi connectivity index (χ0v) is 23.2. The van der Waals surface area contributed by atoms with Crippen LogP contribution in [0.1, 0.15) is 6.42 Å². The van der Waals surface area contributed by atoms with Crippen molar-refractivity contribution >= 4 is 53.5 Å². The van der Waals surface area contributed by atoms with Crippen molar-refractivity contribution in [1.29, 1.82) is 0 Å². The van der Waals surface area contributed by atoms with Gasteiger partial charge in [-0.05, 0) is 24.3 Å². The molecule has 3 rings (SSSR count). The molecule has 1 amide bonds. The van der Waals surface area contributed by atoms with Gasteiger partial charge >= 0.3 is 139 Å². The van der Waals surface area contributed by atoms with E-state index in [-0.39, 0.29) is 17.7 Å². The topological polar surface area (TPSA) is 105 Å². The molecule has 0 bridgehead atoms. The molecule has 1 atom stereocenters. The molecule has 0 aliphatic heterocycles. The summed E-state index contributed by atoms with van der Waals surface area (Å²) in [5.41, 5.74) is 1.63. The van der Waals surface area contributed by atoms with Crippen LogP contribution in [0.2, 0.25) is 5.02 Å². The number of aromatic nitrogens is 2. The second-order valence-corrected chi connectivity index (χ2v) is 17.7. The monoisotopic (exact) mass is 687 g/mol. The van der Waals surface area contributed by atoms with Crippen molar-refractivity contribution in [3.63, 3.8) is 0 Å². The van der Waals surface area contributed by atoms with E-state index in [0.29, 0.717) is 46.6 Å². The van der Waals surface area contributed by atoms with E-state index in [4.69, 9.17) is 16.3 Å². The minimum atomic E-state index is -1.74. The number of amides is 1. The summed E-state index contributed by atoms with van der Waals surface area (Å²) >= 11 is 7.31. The number of hydrogen-bond donors (Lipinski definition) is 3. The Morgan fingerprint density at radius 2 is 1.97 bits per heavy atom. The molecule has 8 nitrogen and oxygen atoms in total. The smallest absolute Gasteiger partial charge is 0.201 e. The zero-order chi connectivity index (χ0) is 25.4. The molecule has 0 aliphatic carbocycles. The average Bonchev–Trinajstić information content (AvgIpc) is 2.80. The van der Waals surface area contributed by atoms with Gasteiger partial charge in [0.25, 0.3) is 0 Å². The summed E-state index contributed by atoms with van der Waals surface area (Å²) in [6.07, 6.45) is 4.61. The number of nitrogens with zero attached hydrogens (tertiary/aromatic N) is 2. The minimum absolute atomic E-state index is 0.0509. The molecule has 0 radical (unpaired) electrons. The number of rotatable bonds is 11. The van der Waals surface area contributed by atoms with Gasteiger partial charge in [-0.15, -0.1) is 0 Å². The fourth-order valence-electron chi connectivity index (χ4n) is 2.84. The van der Waals surface area contributed by atoms with E-state index in [1.807, 2.05) is 0 Å². The molecule has 0 saturated heterocycles. The van der Waals surface area contributed by atoms with Gasteiger partial charge in [0, 0.05) is 11.4 Å². The molecule has 1 aromatic heterocycles. The van der Waals surface area contributed by atoms with Crippen LogP contribution in [0, 0.1) is 5.82 Å². The number of hydrogen-bond acceptors (Lipinski definition) is 7. The maximum atomic E-state index is 14.4. The number of carbonyl (C=O) groups is 1. The van der Waals surface area contributed by atoms with Crippen molar-refractivity contribution < 1.29 is 36.1 Å². The van der Waals surface area contributed by atoms with Gasteiger partial charge in [0.2, 0.25) is 5.91 Å². The zero-order valence-electron chi connectivity index (χ0n) is 18.7. The third-order valence-electron chi connectivity index (χ3n) is 4.43. The van der Waals surface area contributed by atoms with Crippen molar-refractivity contribution in [1.82, 2.24) is 9.97 Å². The van der Waals surface area contributed by atoms with Gasteiger partial charge in [-0.2, -0.15) is 0 Å². The number of nitrogens with one attached hydrogen (secondary N) is 3. The van der Waals surface area contributed by atoms with Crippen LogP contribution in [0.5, 0.6) is 5.75 Å². The Kier molecular flexibility index (Phi) is 9.37. The Balaban J connectivity index is 1.71. The molecule has 35 heavy (non-hydrogen) atoms. The third-order valence-corrected chi connectivity index (χ3v) is 7.57. The normalized spacial score (nSPS) is 12.3. The van der Waals surface area contributed by atoms with Gasteiger partial charge in [0.1, 0.15) is 0 Å². The van der Waals surface area contributed by atoms with E-state index < -0.39 is 12.9 Å². The fourth-order valence-corrected chi connectivity index (χ4v) is 4.93. The SMILES string of the molecule is C=CC(=O)Nc1cccc(Nc2nc(Nc3ccc(Cl)c(OCCC[S](C)(=O)=[W])c3)ncc2F)c1. The number of ether oxygens (including phenoxy) is 1. The van der Waals surface area contributed by atoms with Crippen LogP contribution < -0.4 is 20.7 Å². The first-order valence-electron chi connectivity index (χ1n) is 10.3. The van der Waals surface area contributed by atoms with Crippen LogP contribution in [-0.4, -0.2) is 38.7 Å². The average molecular weight is 688 g/mol. The molecule has 0 saturated carbocycles. The quantitative estimate of drug-likeness (QED) is 0.192. The summed E-state index contributed by atoms with van der Waals surface area (Å²) in [5, 5.41) is 8.96. The van der Waals surface area contributed by atoms with Gasteiger partial charge in [0.05, 0.1) is 0 Å². The Morgan fingerprint density at radius 3 is 2.71 bits per heavy atom. The molecule has 2 aromatic carbocycles. The minimum Gasteiger partial charge on any atom is -0.201 e. The van der Waals surface area contributed by atoms with Crippen LogP contribution in [0.25, 0.3) is 0 Å². The van der Waals surface area contributed by atoms with Crippen molar-refractivity contribution in [3.05, 3.63) is 72.2 Å². The van der Waals surface area contributed by atoms with Crippen LogP contribution >= 0.6 is 11.6 Å². The van der Waals surface area contributed by atoms with Crippen LogP contribution in [0.3, 0.4) is 0 Å².